The second kappa shape index (κ2) is 3.51. The molecular formula is C6H16N2O2S. The summed E-state index contributed by atoms with van der Waals surface area (Å²) in [4.78, 5) is 0. The van der Waals surface area contributed by atoms with Gasteiger partial charge in [0.15, 0.2) is 0 Å². The smallest absolute Gasteiger partial charge is 0.216 e. The van der Waals surface area contributed by atoms with Crippen molar-refractivity contribution in [3.05, 3.63) is 0 Å². The quantitative estimate of drug-likeness (QED) is 0.655. The van der Waals surface area contributed by atoms with Gasteiger partial charge in [0.25, 0.3) is 10.2 Å². The van der Waals surface area contributed by atoms with E-state index in [0.29, 0.717) is 0 Å². The molecule has 5 heteroatoms. The van der Waals surface area contributed by atoms with Crippen molar-refractivity contribution in [1.29, 1.82) is 0 Å². The highest BCUT2D eigenvalue weighted by Gasteiger charge is 2.20. The second-order valence-electron chi connectivity index (χ2n) is 3.28. The molecule has 0 spiro atoms. The molecule has 11 heavy (non-hydrogen) atoms. The van der Waals surface area contributed by atoms with E-state index >= 15 is 0 Å². The summed E-state index contributed by atoms with van der Waals surface area (Å²) >= 11 is 0. The van der Waals surface area contributed by atoms with Crippen molar-refractivity contribution in [2.75, 3.05) is 0 Å². The summed E-state index contributed by atoms with van der Waals surface area (Å²) in [6, 6.07) is 0. The van der Waals surface area contributed by atoms with Crippen LogP contribution in [0.3, 0.4) is 0 Å². The topological polar surface area (TPSA) is 72.2 Å². The molecule has 0 aliphatic carbocycles. The summed E-state index contributed by atoms with van der Waals surface area (Å²) in [5.74, 6) is 0. The lowest BCUT2D eigenvalue weighted by Gasteiger charge is -2.23. The molecule has 0 aromatic heterocycles. The van der Waals surface area contributed by atoms with Gasteiger partial charge in [0.1, 0.15) is 0 Å². The van der Waals surface area contributed by atoms with Crippen LogP contribution in [0.1, 0.15) is 33.6 Å². The lowest BCUT2D eigenvalue weighted by atomic mass is 10.0. The van der Waals surface area contributed by atoms with E-state index in [4.69, 9.17) is 5.14 Å². The van der Waals surface area contributed by atoms with E-state index in [1.807, 2.05) is 6.92 Å². The van der Waals surface area contributed by atoms with Crippen LogP contribution < -0.4 is 9.86 Å². The summed E-state index contributed by atoms with van der Waals surface area (Å²) in [5.41, 5.74) is -0.428. The van der Waals surface area contributed by atoms with Gasteiger partial charge >= 0.3 is 0 Å². The van der Waals surface area contributed by atoms with Crippen molar-refractivity contribution in [3.8, 4) is 0 Å². The molecule has 0 heterocycles. The monoisotopic (exact) mass is 180 g/mol. The standard InChI is InChI=1S/C6H16N2O2S/c1-4-5-6(2,3)8-11(7,9)10/h8H,4-5H2,1-3H3,(H2,7,9,10). The van der Waals surface area contributed by atoms with Gasteiger partial charge in [-0.05, 0) is 20.3 Å². The molecule has 4 nitrogen and oxygen atoms in total. The minimum Gasteiger partial charge on any atom is -0.216 e. The van der Waals surface area contributed by atoms with E-state index in [1.165, 1.54) is 0 Å². The summed E-state index contributed by atoms with van der Waals surface area (Å²) in [7, 11) is -3.55. The molecule has 0 rings (SSSR count). The van der Waals surface area contributed by atoms with E-state index < -0.39 is 15.7 Å². The third kappa shape index (κ3) is 6.28. The average molecular weight is 180 g/mol. The van der Waals surface area contributed by atoms with Gasteiger partial charge in [-0.15, -0.1) is 0 Å². The molecule has 0 aromatic carbocycles. The largest absolute Gasteiger partial charge is 0.274 e. The van der Waals surface area contributed by atoms with Crippen molar-refractivity contribution in [2.24, 2.45) is 5.14 Å². The Morgan fingerprint density at radius 3 is 2.18 bits per heavy atom. The van der Waals surface area contributed by atoms with Crippen LogP contribution in [0, 0.1) is 0 Å². The molecule has 0 radical (unpaired) electrons. The van der Waals surface area contributed by atoms with Crippen LogP contribution in [0.4, 0.5) is 0 Å². The lowest BCUT2D eigenvalue weighted by Crippen LogP contribution is -2.46. The predicted octanol–water partition coefficient (Wildman–Crippen LogP) is 0.358. The van der Waals surface area contributed by atoms with Crippen LogP contribution in [-0.2, 0) is 10.2 Å². The first-order valence-corrected chi connectivity index (χ1v) is 5.13. The van der Waals surface area contributed by atoms with Gasteiger partial charge in [0.2, 0.25) is 0 Å². The van der Waals surface area contributed by atoms with Gasteiger partial charge in [0, 0.05) is 5.54 Å². The maximum Gasteiger partial charge on any atom is 0.274 e. The fourth-order valence-electron chi connectivity index (χ4n) is 1.06. The molecule has 0 aromatic rings. The summed E-state index contributed by atoms with van der Waals surface area (Å²) in [6.07, 6.45) is 1.71. The Balaban J connectivity index is 4.13. The van der Waals surface area contributed by atoms with Gasteiger partial charge in [-0.25, -0.2) is 5.14 Å². The molecule has 0 saturated carbocycles. The van der Waals surface area contributed by atoms with Crippen LogP contribution >= 0.6 is 0 Å². The van der Waals surface area contributed by atoms with Gasteiger partial charge < -0.3 is 0 Å². The van der Waals surface area contributed by atoms with Crippen molar-refractivity contribution in [3.63, 3.8) is 0 Å². The highest BCUT2D eigenvalue weighted by Crippen LogP contribution is 2.10. The van der Waals surface area contributed by atoms with Gasteiger partial charge in [-0.3, -0.25) is 0 Å². The summed E-state index contributed by atoms with van der Waals surface area (Å²) < 4.78 is 23.5. The molecule has 0 aliphatic heterocycles. The zero-order chi connectivity index (χ0) is 9.12. The zero-order valence-electron chi connectivity index (χ0n) is 7.22. The Morgan fingerprint density at radius 2 is 1.91 bits per heavy atom. The fourth-order valence-corrected chi connectivity index (χ4v) is 1.93. The van der Waals surface area contributed by atoms with Gasteiger partial charge in [0.05, 0.1) is 0 Å². The van der Waals surface area contributed by atoms with Crippen LogP contribution in [0.5, 0.6) is 0 Å². The van der Waals surface area contributed by atoms with Crippen molar-refractivity contribution >= 4 is 10.2 Å². The van der Waals surface area contributed by atoms with Crippen LogP contribution in [0.25, 0.3) is 0 Å². The molecule has 0 fully saturated rings. The summed E-state index contributed by atoms with van der Waals surface area (Å²) in [6.45, 7) is 5.61. The Bertz CT molecular complexity index is 209. The molecule has 0 unspecified atom stereocenters. The molecule has 0 atom stereocenters. The predicted molar refractivity (Wildman–Crippen MR) is 45.2 cm³/mol. The van der Waals surface area contributed by atoms with Crippen molar-refractivity contribution in [2.45, 2.75) is 39.2 Å². The van der Waals surface area contributed by atoms with Crippen LogP contribution in [0.2, 0.25) is 0 Å². The number of nitrogens with two attached hydrogens (primary N) is 1. The minimum atomic E-state index is -3.55. The average Bonchev–Trinajstić information content (AvgIpc) is 1.55. The third-order valence-electron chi connectivity index (χ3n) is 1.29. The zero-order valence-corrected chi connectivity index (χ0v) is 8.03. The number of rotatable bonds is 4. The summed E-state index contributed by atoms with van der Waals surface area (Å²) in [5, 5.41) is 4.81. The Morgan fingerprint density at radius 1 is 1.45 bits per heavy atom. The molecule has 0 amide bonds. The van der Waals surface area contributed by atoms with Gasteiger partial charge in [-0.1, -0.05) is 13.3 Å². The first kappa shape index (κ1) is 10.9. The first-order chi connectivity index (χ1) is 4.77. The highest BCUT2D eigenvalue weighted by atomic mass is 32.2. The molecule has 0 bridgehead atoms. The van der Waals surface area contributed by atoms with E-state index in [1.54, 1.807) is 13.8 Å². The van der Waals surface area contributed by atoms with E-state index in [2.05, 4.69) is 4.72 Å². The van der Waals surface area contributed by atoms with E-state index in [0.717, 1.165) is 12.8 Å². The van der Waals surface area contributed by atoms with E-state index in [9.17, 15) is 8.42 Å². The normalized spacial score (nSPS) is 13.5. The number of hydrogen-bond donors (Lipinski definition) is 2. The van der Waals surface area contributed by atoms with Crippen molar-refractivity contribution < 1.29 is 8.42 Å². The Hall–Kier alpha value is -0.130. The Labute approximate surface area is 68.3 Å². The number of hydrogen-bond acceptors (Lipinski definition) is 2. The second-order valence-corrected chi connectivity index (χ2v) is 4.58. The molecule has 0 saturated heterocycles. The van der Waals surface area contributed by atoms with Crippen LogP contribution in [0.15, 0.2) is 0 Å². The van der Waals surface area contributed by atoms with Gasteiger partial charge in [-0.2, -0.15) is 13.1 Å². The number of nitrogens with one attached hydrogen (secondary N) is 1. The SMILES string of the molecule is CCCC(C)(C)NS(N)(=O)=O. The molecule has 0 aliphatic rings. The third-order valence-corrected chi connectivity index (χ3v) is 2.13. The molecule has 3 N–H and O–H groups in total. The highest BCUT2D eigenvalue weighted by molar-refractivity contribution is 7.87. The Kier molecular flexibility index (Phi) is 3.47. The van der Waals surface area contributed by atoms with Crippen LogP contribution in [-0.4, -0.2) is 14.0 Å². The minimum absolute atomic E-state index is 0.428. The maximum absolute atomic E-state index is 10.6. The molecule has 68 valence electrons. The van der Waals surface area contributed by atoms with E-state index in [-0.39, 0.29) is 0 Å². The lowest BCUT2D eigenvalue weighted by molar-refractivity contribution is 0.418. The fraction of sp³-hybridized carbons (Fsp3) is 1.00. The van der Waals surface area contributed by atoms with Crippen molar-refractivity contribution in [1.82, 2.24) is 4.72 Å². The first-order valence-electron chi connectivity index (χ1n) is 3.58. The molecular weight excluding hydrogens is 164 g/mol. The maximum atomic E-state index is 10.6.